The van der Waals surface area contributed by atoms with Gasteiger partial charge in [0.25, 0.3) is 0 Å². The van der Waals surface area contributed by atoms with Crippen LogP contribution in [0.4, 0.5) is 0 Å². The average molecular weight is 180 g/mol. The average Bonchev–Trinajstić information content (AvgIpc) is 2.05. The fourth-order valence-electron chi connectivity index (χ4n) is 0.948. The van der Waals surface area contributed by atoms with Gasteiger partial charge in [-0.3, -0.25) is 0 Å². The Kier molecular flexibility index (Phi) is 3.89. The molecule has 0 unspecified atom stereocenters. The Hall–Kier alpha value is -0.750. The lowest BCUT2D eigenvalue weighted by atomic mass is 10.2. The number of rotatable bonds is 3. The molecule has 0 aliphatic heterocycles. The van der Waals surface area contributed by atoms with E-state index < -0.39 is 0 Å². The van der Waals surface area contributed by atoms with Crippen molar-refractivity contribution in [2.24, 2.45) is 0 Å². The first kappa shape index (κ1) is 9.34. The molecular formula is C11H12Cl. The van der Waals surface area contributed by atoms with Crippen molar-refractivity contribution < 1.29 is 0 Å². The van der Waals surface area contributed by atoms with E-state index >= 15 is 0 Å². The van der Waals surface area contributed by atoms with Crippen LogP contribution in [0.1, 0.15) is 18.4 Å². The quantitative estimate of drug-likeness (QED) is 0.659. The van der Waals surface area contributed by atoms with Crippen LogP contribution in [-0.2, 0) is 0 Å². The molecule has 0 aliphatic carbocycles. The summed E-state index contributed by atoms with van der Waals surface area (Å²) in [5.41, 5.74) is 1.15. The SMILES string of the molecule is [CH2]CC/C=C/c1cccc(Cl)c1. The molecule has 1 aromatic carbocycles. The highest BCUT2D eigenvalue weighted by Gasteiger charge is 1.87. The molecule has 1 heteroatoms. The van der Waals surface area contributed by atoms with Crippen molar-refractivity contribution in [3.05, 3.63) is 47.9 Å². The second kappa shape index (κ2) is 5.00. The van der Waals surface area contributed by atoms with Crippen molar-refractivity contribution in [3.8, 4) is 0 Å². The Balaban J connectivity index is 2.63. The van der Waals surface area contributed by atoms with Crippen LogP contribution in [0, 0.1) is 6.92 Å². The molecule has 12 heavy (non-hydrogen) atoms. The molecular weight excluding hydrogens is 168 g/mol. The van der Waals surface area contributed by atoms with E-state index in [1.165, 1.54) is 0 Å². The van der Waals surface area contributed by atoms with E-state index in [2.05, 4.69) is 19.1 Å². The zero-order chi connectivity index (χ0) is 8.81. The zero-order valence-electron chi connectivity index (χ0n) is 6.96. The van der Waals surface area contributed by atoms with Gasteiger partial charge < -0.3 is 0 Å². The van der Waals surface area contributed by atoms with Crippen molar-refractivity contribution in [2.75, 3.05) is 0 Å². The zero-order valence-corrected chi connectivity index (χ0v) is 7.72. The van der Waals surface area contributed by atoms with E-state index in [4.69, 9.17) is 11.6 Å². The molecule has 0 atom stereocenters. The third-order valence-corrected chi connectivity index (χ3v) is 1.76. The number of unbranched alkanes of at least 4 members (excludes halogenated alkanes) is 1. The van der Waals surface area contributed by atoms with Crippen LogP contribution in [0.15, 0.2) is 30.3 Å². The molecule has 0 saturated carbocycles. The fraction of sp³-hybridized carbons (Fsp3) is 0.182. The lowest BCUT2D eigenvalue weighted by Gasteiger charge is -1.93. The van der Waals surface area contributed by atoms with Gasteiger partial charge in [-0.05, 0) is 30.5 Å². The van der Waals surface area contributed by atoms with Gasteiger partial charge in [-0.1, -0.05) is 42.8 Å². The summed E-state index contributed by atoms with van der Waals surface area (Å²) in [4.78, 5) is 0. The van der Waals surface area contributed by atoms with E-state index in [1.54, 1.807) is 0 Å². The molecule has 0 aromatic heterocycles. The molecule has 0 bridgehead atoms. The maximum atomic E-state index is 5.81. The third-order valence-electron chi connectivity index (χ3n) is 1.53. The Morgan fingerprint density at radius 2 is 2.25 bits per heavy atom. The largest absolute Gasteiger partial charge is 0.0843 e. The summed E-state index contributed by atoms with van der Waals surface area (Å²) in [6, 6.07) is 7.80. The minimum absolute atomic E-state index is 0.784. The van der Waals surface area contributed by atoms with E-state index in [1.807, 2.05) is 24.3 Å². The minimum atomic E-state index is 0.784. The van der Waals surface area contributed by atoms with Gasteiger partial charge in [0.1, 0.15) is 0 Å². The van der Waals surface area contributed by atoms with Gasteiger partial charge in [-0.25, -0.2) is 0 Å². The molecule has 0 fully saturated rings. The first-order valence-electron chi connectivity index (χ1n) is 4.04. The number of allylic oxidation sites excluding steroid dienone is 1. The number of hydrogen-bond donors (Lipinski definition) is 0. The van der Waals surface area contributed by atoms with Gasteiger partial charge in [0.15, 0.2) is 0 Å². The molecule has 63 valence electrons. The molecule has 0 amide bonds. The Morgan fingerprint density at radius 3 is 2.92 bits per heavy atom. The summed E-state index contributed by atoms with van der Waals surface area (Å²) in [6.07, 6.45) is 6.14. The standard InChI is InChI=1S/C11H12Cl/c1-2-3-4-6-10-7-5-8-11(12)9-10/h4-9H,1-3H2/b6-4+. The van der Waals surface area contributed by atoms with Crippen molar-refractivity contribution >= 4 is 17.7 Å². The Labute approximate surface area is 78.9 Å². The maximum absolute atomic E-state index is 5.81. The van der Waals surface area contributed by atoms with Crippen LogP contribution in [0.2, 0.25) is 5.02 Å². The van der Waals surface area contributed by atoms with Gasteiger partial charge in [-0.2, -0.15) is 0 Å². The Morgan fingerprint density at radius 1 is 1.42 bits per heavy atom. The lowest BCUT2D eigenvalue weighted by molar-refractivity contribution is 1.06. The van der Waals surface area contributed by atoms with Crippen LogP contribution in [0.25, 0.3) is 6.08 Å². The smallest absolute Gasteiger partial charge is 0.0411 e. The first-order chi connectivity index (χ1) is 5.83. The highest BCUT2D eigenvalue weighted by atomic mass is 35.5. The van der Waals surface area contributed by atoms with Crippen LogP contribution in [-0.4, -0.2) is 0 Å². The van der Waals surface area contributed by atoms with Crippen molar-refractivity contribution in [1.82, 2.24) is 0 Å². The molecule has 0 N–H and O–H groups in total. The number of halogens is 1. The first-order valence-corrected chi connectivity index (χ1v) is 4.42. The van der Waals surface area contributed by atoms with Crippen molar-refractivity contribution in [2.45, 2.75) is 12.8 Å². The predicted octanol–water partition coefficient (Wildman–Crippen LogP) is 3.97. The molecule has 0 nitrogen and oxygen atoms in total. The lowest BCUT2D eigenvalue weighted by Crippen LogP contribution is -1.70. The van der Waals surface area contributed by atoms with Gasteiger partial charge >= 0.3 is 0 Å². The highest BCUT2D eigenvalue weighted by molar-refractivity contribution is 6.30. The third kappa shape index (κ3) is 3.10. The number of benzene rings is 1. The van der Waals surface area contributed by atoms with Crippen LogP contribution in [0.5, 0.6) is 0 Å². The summed E-state index contributed by atoms with van der Waals surface area (Å²) in [5.74, 6) is 0. The van der Waals surface area contributed by atoms with Crippen molar-refractivity contribution in [3.63, 3.8) is 0 Å². The van der Waals surface area contributed by atoms with Gasteiger partial charge in [-0.15, -0.1) is 0 Å². The summed E-state index contributed by atoms with van der Waals surface area (Å²) in [6.45, 7) is 3.76. The van der Waals surface area contributed by atoms with Gasteiger partial charge in [0, 0.05) is 5.02 Å². The second-order valence-corrected chi connectivity index (χ2v) is 3.04. The maximum Gasteiger partial charge on any atom is 0.0411 e. The highest BCUT2D eigenvalue weighted by Crippen LogP contribution is 2.12. The van der Waals surface area contributed by atoms with Gasteiger partial charge in [0.2, 0.25) is 0 Å². The van der Waals surface area contributed by atoms with Crippen LogP contribution < -0.4 is 0 Å². The van der Waals surface area contributed by atoms with Crippen LogP contribution in [0.3, 0.4) is 0 Å². The molecule has 0 spiro atoms. The van der Waals surface area contributed by atoms with Crippen molar-refractivity contribution in [1.29, 1.82) is 0 Å². The number of hydrogen-bond acceptors (Lipinski definition) is 0. The molecule has 0 heterocycles. The van der Waals surface area contributed by atoms with E-state index in [0.717, 1.165) is 23.4 Å². The predicted molar refractivity (Wildman–Crippen MR) is 55.1 cm³/mol. The molecule has 0 saturated heterocycles. The molecule has 0 aliphatic rings. The fourth-order valence-corrected chi connectivity index (χ4v) is 1.15. The van der Waals surface area contributed by atoms with E-state index in [9.17, 15) is 0 Å². The second-order valence-electron chi connectivity index (χ2n) is 2.60. The Bertz CT molecular complexity index is 263. The summed E-state index contributed by atoms with van der Waals surface area (Å²) < 4.78 is 0. The van der Waals surface area contributed by atoms with Gasteiger partial charge in [0.05, 0.1) is 0 Å². The summed E-state index contributed by atoms with van der Waals surface area (Å²) in [5, 5.41) is 0.784. The van der Waals surface area contributed by atoms with E-state index in [0.29, 0.717) is 0 Å². The topological polar surface area (TPSA) is 0 Å². The summed E-state index contributed by atoms with van der Waals surface area (Å²) in [7, 11) is 0. The summed E-state index contributed by atoms with van der Waals surface area (Å²) >= 11 is 5.81. The normalized spacial score (nSPS) is 10.8. The minimum Gasteiger partial charge on any atom is -0.0843 e. The molecule has 1 rings (SSSR count). The van der Waals surface area contributed by atoms with Crippen LogP contribution >= 0.6 is 11.6 Å². The molecule has 1 radical (unpaired) electrons. The van der Waals surface area contributed by atoms with E-state index in [-0.39, 0.29) is 0 Å². The molecule has 1 aromatic rings. The monoisotopic (exact) mass is 179 g/mol.